The molecule has 1 rings (SSSR count). The minimum atomic E-state index is -0.915. The van der Waals surface area contributed by atoms with Crippen LogP contribution in [0.5, 0.6) is 0 Å². The molecule has 0 radical (unpaired) electrons. The SMILES string of the molecule is Cc1cccnc1C[C@@H](NC(=O)OC(C)(C)C)C(=O)OCCl. The van der Waals surface area contributed by atoms with E-state index in [1.807, 2.05) is 13.0 Å². The maximum Gasteiger partial charge on any atom is 0.408 e. The molecule has 0 unspecified atom stereocenters. The number of amides is 1. The molecule has 1 atom stereocenters. The lowest BCUT2D eigenvalue weighted by molar-refractivity contribution is -0.144. The fraction of sp³-hybridized carbons (Fsp3) is 0.533. The predicted molar refractivity (Wildman–Crippen MR) is 82.6 cm³/mol. The van der Waals surface area contributed by atoms with Crippen molar-refractivity contribution < 1.29 is 19.1 Å². The molecule has 0 aliphatic carbocycles. The Bertz CT molecular complexity index is 529. The number of aromatic nitrogens is 1. The summed E-state index contributed by atoms with van der Waals surface area (Å²) in [4.78, 5) is 28.0. The quantitative estimate of drug-likeness (QED) is 0.664. The van der Waals surface area contributed by atoms with E-state index in [9.17, 15) is 9.59 Å². The number of ether oxygens (including phenoxy) is 2. The van der Waals surface area contributed by atoms with Gasteiger partial charge in [-0.3, -0.25) is 4.98 Å². The Morgan fingerprint density at radius 1 is 1.41 bits per heavy atom. The number of esters is 1. The third kappa shape index (κ3) is 6.30. The molecule has 7 heteroatoms. The number of carbonyl (C=O) groups excluding carboxylic acids is 2. The van der Waals surface area contributed by atoms with Crippen LogP contribution < -0.4 is 5.32 Å². The van der Waals surface area contributed by atoms with E-state index in [1.165, 1.54) is 0 Å². The standard InChI is InChI=1S/C15H21ClN2O4/c1-10-6-5-7-17-11(10)8-12(13(19)21-9-16)18-14(20)22-15(2,3)4/h5-7,12H,8-9H2,1-4H3,(H,18,20)/t12-/m1/s1. The van der Waals surface area contributed by atoms with Crippen molar-refractivity contribution >= 4 is 23.7 Å². The molecule has 122 valence electrons. The maximum absolute atomic E-state index is 12.0. The Balaban J connectivity index is 2.83. The van der Waals surface area contributed by atoms with Crippen LogP contribution in [0.1, 0.15) is 32.0 Å². The normalized spacial score (nSPS) is 12.4. The second kappa shape index (κ2) is 7.98. The first-order chi connectivity index (χ1) is 10.2. The number of pyridine rings is 1. The number of nitrogens with zero attached hydrogens (tertiary/aromatic N) is 1. The minimum absolute atomic E-state index is 0.196. The van der Waals surface area contributed by atoms with Gasteiger partial charge in [-0.2, -0.15) is 0 Å². The van der Waals surface area contributed by atoms with Gasteiger partial charge in [-0.05, 0) is 39.3 Å². The summed E-state index contributed by atoms with van der Waals surface area (Å²) in [6, 6.07) is 2.47. The summed E-state index contributed by atoms with van der Waals surface area (Å²) >= 11 is 5.42. The Hall–Kier alpha value is -1.82. The van der Waals surface area contributed by atoms with Crippen LogP contribution in [-0.4, -0.2) is 34.8 Å². The van der Waals surface area contributed by atoms with Gasteiger partial charge in [0.2, 0.25) is 0 Å². The second-order valence-corrected chi connectivity index (χ2v) is 5.96. The van der Waals surface area contributed by atoms with Crippen LogP contribution in [0.15, 0.2) is 18.3 Å². The Morgan fingerprint density at radius 3 is 2.64 bits per heavy atom. The molecule has 0 spiro atoms. The van der Waals surface area contributed by atoms with Crippen molar-refractivity contribution in [1.82, 2.24) is 10.3 Å². The zero-order valence-corrected chi connectivity index (χ0v) is 13.9. The summed E-state index contributed by atoms with van der Waals surface area (Å²) < 4.78 is 9.93. The monoisotopic (exact) mass is 328 g/mol. The van der Waals surface area contributed by atoms with Crippen LogP contribution in [0.4, 0.5) is 4.79 Å². The fourth-order valence-corrected chi connectivity index (χ4v) is 1.83. The Kier molecular flexibility index (Phi) is 6.61. The number of hydrogen-bond donors (Lipinski definition) is 1. The van der Waals surface area contributed by atoms with E-state index in [0.29, 0.717) is 5.69 Å². The molecule has 0 aliphatic rings. The van der Waals surface area contributed by atoms with Crippen molar-refractivity contribution in [2.45, 2.75) is 45.8 Å². The summed E-state index contributed by atoms with van der Waals surface area (Å²) in [7, 11) is 0. The van der Waals surface area contributed by atoms with Gasteiger partial charge < -0.3 is 14.8 Å². The molecule has 6 nitrogen and oxygen atoms in total. The second-order valence-electron chi connectivity index (χ2n) is 5.74. The number of rotatable bonds is 5. The molecule has 0 fully saturated rings. The summed E-state index contributed by atoms with van der Waals surface area (Å²) in [5, 5.41) is 2.50. The van der Waals surface area contributed by atoms with Crippen molar-refractivity contribution in [3.8, 4) is 0 Å². The van der Waals surface area contributed by atoms with Crippen LogP contribution in [0.25, 0.3) is 0 Å². The fourth-order valence-electron chi connectivity index (χ4n) is 1.72. The maximum atomic E-state index is 12.0. The van der Waals surface area contributed by atoms with Gasteiger partial charge in [0.1, 0.15) is 11.6 Å². The van der Waals surface area contributed by atoms with E-state index in [1.54, 1.807) is 33.0 Å². The Labute approximate surface area is 135 Å². The highest BCUT2D eigenvalue weighted by Gasteiger charge is 2.26. The number of halogens is 1. The number of nitrogens with one attached hydrogen (secondary N) is 1. The van der Waals surface area contributed by atoms with Gasteiger partial charge in [-0.25, -0.2) is 9.59 Å². The van der Waals surface area contributed by atoms with Crippen molar-refractivity contribution in [3.05, 3.63) is 29.6 Å². The van der Waals surface area contributed by atoms with Crippen LogP contribution in [0.2, 0.25) is 0 Å². The lowest BCUT2D eigenvalue weighted by Crippen LogP contribution is -2.45. The van der Waals surface area contributed by atoms with Gasteiger partial charge in [0.25, 0.3) is 0 Å². The number of alkyl carbamates (subject to hydrolysis) is 1. The number of carbonyl (C=O) groups is 2. The molecule has 1 N–H and O–H groups in total. The van der Waals surface area contributed by atoms with E-state index in [4.69, 9.17) is 21.1 Å². The lowest BCUT2D eigenvalue weighted by Gasteiger charge is -2.22. The lowest BCUT2D eigenvalue weighted by atomic mass is 10.1. The number of aryl methyl sites for hydroxylation is 1. The molecule has 0 bridgehead atoms. The molecule has 1 heterocycles. The molecule has 0 aromatic carbocycles. The van der Waals surface area contributed by atoms with Crippen LogP contribution in [0.3, 0.4) is 0 Å². The van der Waals surface area contributed by atoms with Gasteiger partial charge in [0.15, 0.2) is 6.07 Å². The van der Waals surface area contributed by atoms with Crippen molar-refractivity contribution in [3.63, 3.8) is 0 Å². The first-order valence-corrected chi connectivity index (χ1v) is 7.39. The Morgan fingerprint density at radius 2 is 2.09 bits per heavy atom. The largest absolute Gasteiger partial charge is 0.448 e. The smallest absolute Gasteiger partial charge is 0.408 e. The van der Waals surface area contributed by atoms with Crippen LogP contribution in [-0.2, 0) is 20.7 Å². The van der Waals surface area contributed by atoms with Crippen molar-refractivity contribution in [2.24, 2.45) is 0 Å². The average molecular weight is 329 g/mol. The third-order valence-electron chi connectivity index (χ3n) is 2.69. The predicted octanol–water partition coefficient (Wildman–Crippen LogP) is 2.57. The van der Waals surface area contributed by atoms with Crippen molar-refractivity contribution in [2.75, 3.05) is 6.07 Å². The number of hydrogen-bond acceptors (Lipinski definition) is 5. The van der Waals surface area contributed by atoms with Gasteiger partial charge in [0.05, 0.1) is 0 Å². The zero-order valence-electron chi connectivity index (χ0n) is 13.2. The summed E-state index contributed by atoms with van der Waals surface area (Å²) in [6.45, 7) is 7.09. The van der Waals surface area contributed by atoms with E-state index in [-0.39, 0.29) is 12.5 Å². The first kappa shape index (κ1) is 18.2. The highest BCUT2D eigenvalue weighted by molar-refractivity contribution is 6.17. The molecule has 0 aliphatic heterocycles. The first-order valence-electron chi connectivity index (χ1n) is 6.85. The topological polar surface area (TPSA) is 77.5 Å². The molecule has 0 saturated carbocycles. The third-order valence-corrected chi connectivity index (χ3v) is 2.80. The van der Waals surface area contributed by atoms with E-state index < -0.39 is 23.7 Å². The van der Waals surface area contributed by atoms with E-state index >= 15 is 0 Å². The summed E-state index contributed by atoms with van der Waals surface area (Å²) in [5.41, 5.74) is 0.943. The van der Waals surface area contributed by atoms with E-state index in [0.717, 1.165) is 5.56 Å². The summed E-state index contributed by atoms with van der Waals surface area (Å²) in [5.74, 6) is -0.633. The molecular weight excluding hydrogens is 308 g/mol. The zero-order chi connectivity index (χ0) is 16.8. The summed E-state index contributed by atoms with van der Waals surface area (Å²) in [6.07, 6.45) is 1.12. The van der Waals surface area contributed by atoms with E-state index in [2.05, 4.69) is 10.3 Å². The van der Waals surface area contributed by atoms with Gasteiger partial charge in [0, 0.05) is 18.3 Å². The molecule has 1 aromatic heterocycles. The molecule has 1 aromatic rings. The highest BCUT2D eigenvalue weighted by atomic mass is 35.5. The minimum Gasteiger partial charge on any atom is -0.448 e. The van der Waals surface area contributed by atoms with Gasteiger partial charge >= 0.3 is 12.1 Å². The van der Waals surface area contributed by atoms with Crippen molar-refractivity contribution in [1.29, 1.82) is 0 Å². The van der Waals surface area contributed by atoms with Crippen LogP contribution in [0, 0.1) is 6.92 Å². The number of alkyl halides is 1. The molecule has 22 heavy (non-hydrogen) atoms. The molecule has 1 amide bonds. The average Bonchev–Trinajstić information content (AvgIpc) is 2.38. The van der Waals surface area contributed by atoms with Gasteiger partial charge in [-0.15, -0.1) is 0 Å². The molecule has 0 saturated heterocycles. The van der Waals surface area contributed by atoms with Crippen LogP contribution >= 0.6 is 11.6 Å². The van der Waals surface area contributed by atoms with Gasteiger partial charge in [-0.1, -0.05) is 17.7 Å². The highest BCUT2D eigenvalue weighted by Crippen LogP contribution is 2.10. The molecular formula is C15H21ClN2O4.